The number of nitrogens with two attached hydrogens (primary N) is 1. The Balaban J connectivity index is 2.10. The Morgan fingerprint density at radius 1 is 1.41 bits per heavy atom. The lowest BCUT2D eigenvalue weighted by atomic mass is 10.1. The summed E-state index contributed by atoms with van der Waals surface area (Å²) in [5.74, 6) is 0.807. The van der Waals surface area contributed by atoms with E-state index in [2.05, 4.69) is 0 Å². The number of rotatable bonds is 4. The van der Waals surface area contributed by atoms with Gasteiger partial charge < -0.3 is 10.8 Å². The average Bonchev–Trinajstić information content (AvgIpc) is 2.80. The molecule has 4 heteroatoms. The summed E-state index contributed by atoms with van der Waals surface area (Å²) in [5, 5.41) is 9.11. The Morgan fingerprint density at radius 2 is 2.12 bits per heavy atom. The number of aromatic carboxylic acids is 1. The summed E-state index contributed by atoms with van der Waals surface area (Å²) in [6, 6.07) is 5.08. The Labute approximate surface area is 105 Å². The standard InChI is InChI=1S/C13H17NO2S/c14-11-7-3-6-10(13(15)16)12(11)17-8-9-4-1-2-5-9/h3,6-7,9H,1-2,4-5,8,14H2,(H,15,16). The molecule has 0 heterocycles. The summed E-state index contributed by atoms with van der Waals surface area (Å²) >= 11 is 1.59. The van der Waals surface area contributed by atoms with E-state index < -0.39 is 5.97 Å². The van der Waals surface area contributed by atoms with E-state index in [0.29, 0.717) is 11.3 Å². The van der Waals surface area contributed by atoms with Gasteiger partial charge in [0.1, 0.15) is 0 Å². The first-order valence-electron chi connectivity index (χ1n) is 5.93. The smallest absolute Gasteiger partial charge is 0.336 e. The Bertz CT molecular complexity index is 414. The lowest BCUT2D eigenvalue weighted by Crippen LogP contribution is -2.04. The molecule has 0 atom stereocenters. The molecule has 0 radical (unpaired) electrons. The zero-order chi connectivity index (χ0) is 12.3. The molecule has 0 spiro atoms. The van der Waals surface area contributed by atoms with E-state index in [0.717, 1.165) is 16.6 Å². The normalized spacial score (nSPS) is 16.2. The van der Waals surface area contributed by atoms with Gasteiger partial charge in [0.2, 0.25) is 0 Å². The van der Waals surface area contributed by atoms with Crippen molar-refractivity contribution in [1.82, 2.24) is 0 Å². The van der Waals surface area contributed by atoms with Crippen LogP contribution in [0.2, 0.25) is 0 Å². The number of anilines is 1. The number of benzene rings is 1. The number of carbonyl (C=O) groups is 1. The molecule has 1 saturated carbocycles. The maximum Gasteiger partial charge on any atom is 0.336 e. The zero-order valence-corrected chi connectivity index (χ0v) is 10.5. The highest BCUT2D eigenvalue weighted by molar-refractivity contribution is 7.99. The summed E-state index contributed by atoms with van der Waals surface area (Å²) in [5.41, 5.74) is 6.76. The van der Waals surface area contributed by atoms with E-state index in [4.69, 9.17) is 10.8 Å². The third-order valence-corrected chi connectivity index (χ3v) is 4.60. The Hall–Kier alpha value is -1.16. The topological polar surface area (TPSA) is 63.3 Å². The molecule has 3 nitrogen and oxygen atoms in total. The second-order valence-electron chi connectivity index (χ2n) is 4.49. The maximum atomic E-state index is 11.1. The molecule has 0 unspecified atom stereocenters. The van der Waals surface area contributed by atoms with E-state index >= 15 is 0 Å². The van der Waals surface area contributed by atoms with Gasteiger partial charge in [0.15, 0.2) is 0 Å². The van der Waals surface area contributed by atoms with E-state index in [1.54, 1.807) is 30.0 Å². The minimum atomic E-state index is -0.897. The summed E-state index contributed by atoms with van der Waals surface area (Å²) in [6.45, 7) is 0. The van der Waals surface area contributed by atoms with Crippen LogP contribution >= 0.6 is 11.8 Å². The number of thioether (sulfide) groups is 1. The first-order valence-corrected chi connectivity index (χ1v) is 6.91. The van der Waals surface area contributed by atoms with Gasteiger partial charge in [-0.1, -0.05) is 18.9 Å². The Morgan fingerprint density at radius 3 is 2.76 bits per heavy atom. The lowest BCUT2D eigenvalue weighted by molar-refractivity contribution is 0.0693. The highest BCUT2D eigenvalue weighted by Crippen LogP contribution is 2.35. The number of hydrogen-bond donors (Lipinski definition) is 2. The fraction of sp³-hybridized carbons (Fsp3) is 0.462. The van der Waals surface area contributed by atoms with E-state index in [-0.39, 0.29) is 0 Å². The third-order valence-electron chi connectivity index (χ3n) is 3.21. The molecule has 2 rings (SSSR count). The summed E-state index contributed by atoms with van der Waals surface area (Å²) in [4.78, 5) is 11.8. The number of carboxylic acid groups (broad SMARTS) is 1. The van der Waals surface area contributed by atoms with Crippen LogP contribution in [0.5, 0.6) is 0 Å². The van der Waals surface area contributed by atoms with Gasteiger partial charge in [0, 0.05) is 16.3 Å². The van der Waals surface area contributed by atoms with Crippen LogP contribution in [-0.4, -0.2) is 16.8 Å². The van der Waals surface area contributed by atoms with Gasteiger partial charge in [0.25, 0.3) is 0 Å². The molecule has 1 fully saturated rings. The molecule has 1 aromatic rings. The zero-order valence-electron chi connectivity index (χ0n) is 9.69. The molecule has 0 bridgehead atoms. The van der Waals surface area contributed by atoms with Crippen LogP contribution in [0.15, 0.2) is 23.1 Å². The minimum Gasteiger partial charge on any atom is -0.478 e. The Kier molecular flexibility index (Phi) is 3.94. The second kappa shape index (κ2) is 5.45. The van der Waals surface area contributed by atoms with Gasteiger partial charge in [0.05, 0.1) is 5.56 Å². The fourth-order valence-electron chi connectivity index (χ4n) is 2.26. The quantitative estimate of drug-likeness (QED) is 0.637. The molecular formula is C13H17NO2S. The van der Waals surface area contributed by atoms with Crippen molar-refractivity contribution >= 4 is 23.4 Å². The second-order valence-corrected chi connectivity index (χ2v) is 5.52. The van der Waals surface area contributed by atoms with Crippen LogP contribution in [0, 0.1) is 5.92 Å². The van der Waals surface area contributed by atoms with E-state index in [1.807, 2.05) is 0 Å². The summed E-state index contributed by atoms with van der Waals surface area (Å²) in [6.07, 6.45) is 5.15. The molecule has 0 aromatic heterocycles. The van der Waals surface area contributed by atoms with Crippen LogP contribution in [0.3, 0.4) is 0 Å². The van der Waals surface area contributed by atoms with Crippen molar-refractivity contribution in [2.75, 3.05) is 11.5 Å². The third kappa shape index (κ3) is 2.94. The van der Waals surface area contributed by atoms with Crippen molar-refractivity contribution in [3.05, 3.63) is 23.8 Å². The van der Waals surface area contributed by atoms with E-state index in [9.17, 15) is 4.79 Å². The maximum absolute atomic E-state index is 11.1. The monoisotopic (exact) mass is 251 g/mol. The molecular weight excluding hydrogens is 234 g/mol. The molecule has 1 aromatic carbocycles. The fourth-order valence-corrected chi connectivity index (χ4v) is 3.54. The molecule has 0 aliphatic heterocycles. The molecule has 0 saturated heterocycles. The number of hydrogen-bond acceptors (Lipinski definition) is 3. The predicted octanol–water partition coefficient (Wildman–Crippen LogP) is 3.25. The molecule has 1 aliphatic rings. The van der Waals surface area contributed by atoms with Gasteiger partial charge in [-0.25, -0.2) is 4.79 Å². The van der Waals surface area contributed by atoms with Crippen LogP contribution < -0.4 is 5.73 Å². The number of carboxylic acids is 1. The SMILES string of the molecule is Nc1cccc(C(=O)O)c1SCC1CCCC1. The van der Waals surface area contributed by atoms with Crippen LogP contribution in [0.25, 0.3) is 0 Å². The summed E-state index contributed by atoms with van der Waals surface area (Å²) < 4.78 is 0. The minimum absolute atomic E-state index is 0.327. The van der Waals surface area contributed by atoms with Crippen molar-refractivity contribution in [2.24, 2.45) is 5.92 Å². The molecule has 92 valence electrons. The van der Waals surface area contributed by atoms with Crippen LogP contribution in [0.4, 0.5) is 5.69 Å². The van der Waals surface area contributed by atoms with Crippen LogP contribution in [0.1, 0.15) is 36.0 Å². The first-order chi connectivity index (χ1) is 8.18. The van der Waals surface area contributed by atoms with Gasteiger partial charge in [-0.15, -0.1) is 11.8 Å². The van der Waals surface area contributed by atoms with Crippen molar-refractivity contribution in [3.8, 4) is 0 Å². The van der Waals surface area contributed by atoms with Gasteiger partial charge >= 0.3 is 5.97 Å². The number of nitrogen functional groups attached to an aromatic ring is 1. The molecule has 1 aliphatic carbocycles. The first kappa shape index (κ1) is 12.3. The highest BCUT2D eigenvalue weighted by atomic mass is 32.2. The van der Waals surface area contributed by atoms with Gasteiger partial charge in [-0.05, 0) is 30.9 Å². The van der Waals surface area contributed by atoms with E-state index in [1.165, 1.54) is 25.7 Å². The highest BCUT2D eigenvalue weighted by Gasteiger charge is 2.18. The van der Waals surface area contributed by atoms with Crippen LogP contribution in [-0.2, 0) is 0 Å². The van der Waals surface area contributed by atoms with Gasteiger partial charge in [-0.3, -0.25) is 0 Å². The van der Waals surface area contributed by atoms with Crippen molar-refractivity contribution in [3.63, 3.8) is 0 Å². The average molecular weight is 251 g/mol. The lowest BCUT2D eigenvalue weighted by Gasteiger charge is -2.12. The van der Waals surface area contributed by atoms with Crippen molar-refractivity contribution < 1.29 is 9.90 Å². The van der Waals surface area contributed by atoms with Gasteiger partial charge in [-0.2, -0.15) is 0 Å². The van der Waals surface area contributed by atoms with Crippen molar-refractivity contribution in [1.29, 1.82) is 0 Å². The largest absolute Gasteiger partial charge is 0.478 e. The molecule has 0 amide bonds. The predicted molar refractivity (Wildman–Crippen MR) is 70.5 cm³/mol. The molecule has 17 heavy (non-hydrogen) atoms. The summed E-state index contributed by atoms with van der Waals surface area (Å²) in [7, 11) is 0. The van der Waals surface area contributed by atoms with Crippen molar-refractivity contribution in [2.45, 2.75) is 30.6 Å². The molecule has 3 N–H and O–H groups in total.